The van der Waals surface area contributed by atoms with Gasteiger partial charge in [-0.25, -0.2) is 9.78 Å². The first kappa shape index (κ1) is 24.7. The van der Waals surface area contributed by atoms with E-state index < -0.39 is 12.0 Å². The number of rotatable bonds is 10. The zero-order valence-corrected chi connectivity index (χ0v) is 20.9. The molecule has 1 amide bonds. The van der Waals surface area contributed by atoms with Gasteiger partial charge in [0.25, 0.3) is 5.91 Å². The molecule has 186 valence electrons. The molecule has 2 aliphatic rings. The van der Waals surface area contributed by atoms with Crippen LogP contribution in [-0.4, -0.2) is 32.6 Å². The highest BCUT2D eigenvalue weighted by molar-refractivity contribution is 5.99. The largest absolute Gasteiger partial charge is 0.480 e. The van der Waals surface area contributed by atoms with Gasteiger partial charge in [-0.05, 0) is 49.3 Å². The van der Waals surface area contributed by atoms with Gasteiger partial charge >= 0.3 is 5.97 Å². The molecule has 0 bridgehead atoms. The Kier molecular flexibility index (Phi) is 8.28. The van der Waals surface area contributed by atoms with Crippen LogP contribution in [0.5, 0.6) is 0 Å². The fourth-order valence-corrected chi connectivity index (χ4v) is 6.19. The molecule has 1 aromatic heterocycles. The molecule has 2 aliphatic carbocycles. The fraction of sp³-hybridized carbons (Fsp3) is 0.679. The lowest BCUT2D eigenvalue weighted by Gasteiger charge is -2.25. The standard InChI is InChI=1S/C28H41N3O3/c1-3-22(4-2)31-25-15-14-21(18-23(25)29-26(31)17-20-12-8-9-13-20)27(32)30-24(28(33)34)16-19-10-6-5-7-11-19/h14-15,18-20,22,24H,3-13,16-17H2,1-2H3,(H,30,32)(H,33,34)/t24-/m0/s1. The van der Waals surface area contributed by atoms with Crippen LogP contribution in [0.3, 0.4) is 0 Å². The third-order valence-corrected chi connectivity index (χ3v) is 8.18. The van der Waals surface area contributed by atoms with Crippen LogP contribution in [0.25, 0.3) is 11.0 Å². The van der Waals surface area contributed by atoms with Crippen LogP contribution in [0, 0.1) is 11.8 Å². The summed E-state index contributed by atoms with van der Waals surface area (Å²) in [7, 11) is 0. The van der Waals surface area contributed by atoms with Gasteiger partial charge < -0.3 is 15.0 Å². The quantitative estimate of drug-likeness (QED) is 0.430. The van der Waals surface area contributed by atoms with Crippen molar-refractivity contribution in [3.05, 3.63) is 29.6 Å². The van der Waals surface area contributed by atoms with Crippen molar-refractivity contribution in [2.75, 3.05) is 0 Å². The van der Waals surface area contributed by atoms with Gasteiger partial charge in [0.15, 0.2) is 0 Å². The van der Waals surface area contributed by atoms with Crippen LogP contribution in [0.1, 0.15) is 113 Å². The zero-order chi connectivity index (χ0) is 24.1. The molecule has 2 N–H and O–H groups in total. The highest BCUT2D eigenvalue weighted by Crippen LogP contribution is 2.32. The molecule has 6 heteroatoms. The monoisotopic (exact) mass is 467 g/mol. The summed E-state index contributed by atoms with van der Waals surface area (Å²) in [5.41, 5.74) is 2.41. The van der Waals surface area contributed by atoms with E-state index in [4.69, 9.17) is 4.98 Å². The predicted molar refractivity (Wildman–Crippen MR) is 135 cm³/mol. The predicted octanol–water partition coefficient (Wildman–Crippen LogP) is 6.28. The Morgan fingerprint density at radius 3 is 2.32 bits per heavy atom. The summed E-state index contributed by atoms with van der Waals surface area (Å²) in [4.78, 5) is 29.9. The molecule has 34 heavy (non-hydrogen) atoms. The second kappa shape index (κ2) is 11.4. The Labute approximate surface area is 203 Å². The Morgan fingerprint density at radius 1 is 1.03 bits per heavy atom. The normalized spacial score (nSPS) is 18.6. The minimum absolute atomic E-state index is 0.320. The molecule has 6 nitrogen and oxygen atoms in total. The van der Waals surface area contributed by atoms with E-state index in [1.165, 1.54) is 32.1 Å². The van der Waals surface area contributed by atoms with E-state index in [1.54, 1.807) is 0 Å². The number of imidazole rings is 1. The number of carbonyl (C=O) groups is 2. The van der Waals surface area contributed by atoms with Crippen molar-refractivity contribution in [3.63, 3.8) is 0 Å². The third kappa shape index (κ3) is 5.64. The minimum atomic E-state index is -0.947. The molecular formula is C28H41N3O3. The highest BCUT2D eigenvalue weighted by Gasteiger charge is 2.27. The molecule has 2 saturated carbocycles. The summed E-state index contributed by atoms with van der Waals surface area (Å²) in [6.07, 6.45) is 14.4. The van der Waals surface area contributed by atoms with Crippen molar-refractivity contribution < 1.29 is 14.7 Å². The molecule has 0 unspecified atom stereocenters. The first-order valence-electron chi connectivity index (χ1n) is 13.5. The van der Waals surface area contributed by atoms with E-state index in [0.29, 0.717) is 29.9 Å². The van der Waals surface area contributed by atoms with Crippen molar-refractivity contribution in [2.45, 2.75) is 109 Å². The molecule has 1 atom stereocenters. The lowest BCUT2D eigenvalue weighted by atomic mass is 9.85. The van der Waals surface area contributed by atoms with Crippen LogP contribution in [0.4, 0.5) is 0 Å². The Hall–Kier alpha value is -2.37. The van der Waals surface area contributed by atoms with Crippen LogP contribution in [0.2, 0.25) is 0 Å². The van der Waals surface area contributed by atoms with E-state index in [1.807, 2.05) is 18.2 Å². The molecule has 2 aromatic rings. The maximum Gasteiger partial charge on any atom is 0.326 e. The summed E-state index contributed by atoms with van der Waals surface area (Å²) in [5.74, 6) is 0.945. The molecule has 2 fully saturated rings. The van der Waals surface area contributed by atoms with Crippen LogP contribution >= 0.6 is 0 Å². The topological polar surface area (TPSA) is 84.2 Å². The first-order chi connectivity index (χ1) is 16.5. The van der Waals surface area contributed by atoms with Crippen molar-refractivity contribution in [1.82, 2.24) is 14.9 Å². The smallest absolute Gasteiger partial charge is 0.326 e. The van der Waals surface area contributed by atoms with Gasteiger partial charge in [-0.2, -0.15) is 0 Å². The number of hydrogen-bond acceptors (Lipinski definition) is 3. The zero-order valence-electron chi connectivity index (χ0n) is 20.9. The number of benzene rings is 1. The summed E-state index contributed by atoms with van der Waals surface area (Å²) < 4.78 is 2.40. The summed E-state index contributed by atoms with van der Waals surface area (Å²) in [6, 6.07) is 5.24. The van der Waals surface area contributed by atoms with E-state index in [-0.39, 0.29) is 5.91 Å². The number of carboxylic acid groups (broad SMARTS) is 1. The van der Waals surface area contributed by atoms with E-state index in [9.17, 15) is 14.7 Å². The number of carbonyl (C=O) groups excluding carboxylic acids is 1. The number of hydrogen-bond donors (Lipinski definition) is 2. The van der Waals surface area contributed by atoms with Gasteiger partial charge in [-0.3, -0.25) is 4.79 Å². The Bertz CT molecular complexity index is 982. The maximum absolute atomic E-state index is 13.1. The van der Waals surface area contributed by atoms with Crippen molar-refractivity contribution in [1.29, 1.82) is 0 Å². The molecular weight excluding hydrogens is 426 g/mol. The van der Waals surface area contributed by atoms with Crippen molar-refractivity contribution >= 4 is 22.9 Å². The molecule has 0 aliphatic heterocycles. The fourth-order valence-electron chi connectivity index (χ4n) is 6.19. The van der Waals surface area contributed by atoms with Crippen LogP contribution in [-0.2, 0) is 11.2 Å². The van der Waals surface area contributed by atoms with E-state index in [0.717, 1.165) is 61.8 Å². The third-order valence-electron chi connectivity index (χ3n) is 8.18. The Balaban J connectivity index is 1.56. The van der Waals surface area contributed by atoms with Crippen LogP contribution in [0.15, 0.2) is 18.2 Å². The van der Waals surface area contributed by atoms with Gasteiger partial charge in [-0.15, -0.1) is 0 Å². The molecule has 1 aromatic carbocycles. The number of fused-ring (bicyclic) bond motifs is 1. The average Bonchev–Trinajstić information content (AvgIpc) is 3.48. The molecule has 4 rings (SSSR count). The number of aromatic nitrogens is 2. The second-order valence-electron chi connectivity index (χ2n) is 10.5. The highest BCUT2D eigenvalue weighted by atomic mass is 16.4. The van der Waals surface area contributed by atoms with Gasteiger partial charge in [0, 0.05) is 18.0 Å². The number of carboxylic acids is 1. The Morgan fingerprint density at radius 2 is 1.68 bits per heavy atom. The molecule has 0 spiro atoms. The number of amides is 1. The van der Waals surface area contributed by atoms with E-state index in [2.05, 4.69) is 23.7 Å². The van der Waals surface area contributed by atoms with Gasteiger partial charge in [0.1, 0.15) is 11.9 Å². The SMILES string of the molecule is CCC(CC)n1c(CC2CCCC2)nc2cc(C(=O)N[C@@H](CC3CCCCC3)C(=O)O)ccc21. The van der Waals surface area contributed by atoms with Crippen molar-refractivity contribution in [3.8, 4) is 0 Å². The van der Waals surface area contributed by atoms with Crippen LogP contribution < -0.4 is 5.32 Å². The molecule has 1 heterocycles. The van der Waals surface area contributed by atoms with Gasteiger partial charge in [-0.1, -0.05) is 71.6 Å². The van der Waals surface area contributed by atoms with Gasteiger partial charge in [0.05, 0.1) is 11.0 Å². The number of nitrogens with one attached hydrogen (secondary N) is 1. The molecule has 0 radical (unpaired) electrons. The second-order valence-corrected chi connectivity index (χ2v) is 10.5. The summed E-state index contributed by atoms with van der Waals surface area (Å²) >= 11 is 0. The van der Waals surface area contributed by atoms with Gasteiger partial charge in [0.2, 0.25) is 0 Å². The lowest BCUT2D eigenvalue weighted by molar-refractivity contribution is -0.139. The summed E-state index contributed by atoms with van der Waals surface area (Å²) in [5, 5.41) is 12.5. The lowest BCUT2D eigenvalue weighted by Crippen LogP contribution is -2.42. The maximum atomic E-state index is 13.1. The summed E-state index contributed by atoms with van der Waals surface area (Å²) in [6.45, 7) is 4.44. The van der Waals surface area contributed by atoms with Crippen molar-refractivity contribution in [2.24, 2.45) is 11.8 Å². The number of aliphatic carboxylic acids is 1. The van der Waals surface area contributed by atoms with E-state index >= 15 is 0 Å². The first-order valence-corrected chi connectivity index (χ1v) is 13.5. The average molecular weight is 468 g/mol. The number of nitrogens with zero attached hydrogens (tertiary/aromatic N) is 2. The minimum Gasteiger partial charge on any atom is -0.480 e. The molecule has 0 saturated heterocycles.